The number of halogens is 1. The molecule has 1 rings (SSSR count). The fourth-order valence-corrected chi connectivity index (χ4v) is 1.48. The predicted octanol–water partition coefficient (Wildman–Crippen LogP) is 2.38. The van der Waals surface area contributed by atoms with E-state index >= 15 is 0 Å². The molecular formula is C10H11FO2S. The van der Waals surface area contributed by atoms with Gasteiger partial charge in [-0.05, 0) is 24.5 Å². The number of Topliss-reactive ketones (excluding diaryl/α,β-unsaturated/α-hetero) is 1. The van der Waals surface area contributed by atoms with Gasteiger partial charge in [0.2, 0.25) is 0 Å². The van der Waals surface area contributed by atoms with Crippen LogP contribution in [-0.2, 0) is 0 Å². The second-order valence-corrected chi connectivity index (χ2v) is 3.57. The maximum Gasteiger partial charge on any atom is 0.172 e. The van der Waals surface area contributed by atoms with Crippen LogP contribution >= 0.6 is 11.8 Å². The zero-order chi connectivity index (χ0) is 10.6. The zero-order valence-electron chi connectivity index (χ0n) is 8.04. The Bertz CT molecular complexity index is 339. The van der Waals surface area contributed by atoms with E-state index in [0.29, 0.717) is 11.3 Å². The molecule has 0 saturated heterocycles. The second-order valence-electron chi connectivity index (χ2n) is 2.71. The van der Waals surface area contributed by atoms with Gasteiger partial charge < -0.3 is 4.74 Å². The Morgan fingerprint density at radius 1 is 1.57 bits per heavy atom. The number of hydrogen-bond donors (Lipinski definition) is 0. The topological polar surface area (TPSA) is 26.3 Å². The third-order valence-electron chi connectivity index (χ3n) is 1.75. The van der Waals surface area contributed by atoms with Crippen LogP contribution in [0.2, 0.25) is 0 Å². The summed E-state index contributed by atoms with van der Waals surface area (Å²) in [6, 6.07) is 4.24. The molecule has 0 unspecified atom stereocenters. The van der Waals surface area contributed by atoms with Crippen molar-refractivity contribution >= 4 is 17.5 Å². The van der Waals surface area contributed by atoms with Gasteiger partial charge in [-0.2, -0.15) is 11.8 Å². The molecule has 0 aliphatic carbocycles. The Hall–Kier alpha value is -1.03. The van der Waals surface area contributed by atoms with Gasteiger partial charge in [-0.15, -0.1) is 0 Å². The number of carbonyl (C=O) groups excluding carboxylic acids is 1. The molecule has 0 atom stereocenters. The van der Waals surface area contributed by atoms with E-state index in [2.05, 4.69) is 0 Å². The summed E-state index contributed by atoms with van der Waals surface area (Å²) in [6.45, 7) is 0. The molecular weight excluding hydrogens is 203 g/mol. The number of hydrogen-bond acceptors (Lipinski definition) is 3. The van der Waals surface area contributed by atoms with E-state index in [1.807, 2.05) is 6.26 Å². The molecule has 0 spiro atoms. The van der Waals surface area contributed by atoms with Gasteiger partial charge in [0.25, 0.3) is 0 Å². The highest BCUT2D eigenvalue weighted by Crippen LogP contribution is 2.18. The number of ether oxygens (including phenoxy) is 1. The van der Waals surface area contributed by atoms with Crippen molar-refractivity contribution in [2.45, 2.75) is 0 Å². The highest BCUT2D eigenvalue weighted by Gasteiger charge is 2.08. The van der Waals surface area contributed by atoms with Crippen LogP contribution in [0.25, 0.3) is 0 Å². The quantitative estimate of drug-likeness (QED) is 0.720. The van der Waals surface area contributed by atoms with Crippen molar-refractivity contribution in [3.8, 4) is 5.75 Å². The first-order valence-corrected chi connectivity index (χ1v) is 5.44. The number of thioether (sulfide) groups is 1. The van der Waals surface area contributed by atoms with Gasteiger partial charge in [0.15, 0.2) is 17.3 Å². The molecule has 0 amide bonds. The normalized spacial score (nSPS) is 9.93. The smallest absolute Gasteiger partial charge is 0.172 e. The molecule has 1 aromatic carbocycles. The summed E-state index contributed by atoms with van der Waals surface area (Å²) in [5.74, 6) is -0.0459. The van der Waals surface area contributed by atoms with Crippen LogP contribution < -0.4 is 4.74 Å². The molecule has 0 bridgehead atoms. The van der Waals surface area contributed by atoms with Crippen molar-refractivity contribution < 1.29 is 13.9 Å². The Morgan fingerprint density at radius 2 is 2.29 bits per heavy atom. The monoisotopic (exact) mass is 214 g/mol. The average molecular weight is 214 g/mol. The molecule has 76 valence electrons. The predicted molar refractivity (Wildman–Crippen MR) is 55.7 cm³/mol. The number of methoxy groups -OCH3 is 1. The van der Waals surface area contributed by atoms with Crippen LogP contribution in [0.15, 0.2) is 18.2 Å². The molecule has 0 aromatic heterocycles. The average Bonchev–Trinajstić information content (AvgIpc) is 2.18. The molecule has 0 fully saturated rings. The lowest BCUT2D eigenvalue weighted by Crippen LogP contribution is -2.02. The molecule has 1 aromatic rings. The first-order valence-electron chi connectivity index (χ1n) is 4.04. The molecule has 0 saturated carbocycles. The minimum atomic E-state index is -0.501. The van der Waals surface area contributed by atoms with Crippen LogP contribution in [-0.4, -0.2) is 24.9 Å². The SMILES string of the molecule is COc1ccc(C(=O)CSC)cc1F. The van der Waals surface area contributed by atoms with Gasteiger partial charge in [-0.3, -0.25) is 4.79 Å². The number of ketones is 1. The summed E-state index contributed by atoms with van der Waals surface area (Å²) < 4.78 is 17.9. The van der Waals surface area contributed by atoms with E-state index in [1.165, 1.54) is 31.0 Å². The maximum atomic E-state index is 13.2. The van der Waals surface area contributed by atoms with Crippen molar-refractivity contribution in [3.05, 3.63) is 29.6 Å². The van der Waals surface area contributed by atoms with E-state index < -0.39 is 5.82 Å². The maximum absolute atomic E-state index is 13.2. The number of rotatable bonds is 4. The largest absolute Gasteiger partial charge is 0.494 e. The summed E-state index contributed by atoms with van der Waals surface area (Å²) in [5, 5.41) is 0. The van der Waals surface area contributed by atoms with Gasteiger partial charge in [0.05, 0.1) is 12.9 Å². The van der Waals surface area contributed by atoms with Crippen LogP contribution in [0.3, 0.4) is 0 Å². The fraction of sp³-hybridized carbons (Fsp3) is 0.300. The Kier molecular flexibility index (Phi) is 3.95. The minimum Gasteiger partial charge on any atom is -0.494 e. The van der Waals surface area contributed by atoms with E-state index in [1.54, 1.807) is 6.07 Å². The first kappa shape index (κ1) is 11.0. The third kappa shape index (κ3) is 2.48. The molecule has 14 heavy (non-hydrogen) atoms. The summed E-state index contributed by atoms with van der Waals surface area (Å²) in [5.41, 5.74) is 0.387. The lowest BCUT2D eigenvalue weighted by Gasteiger charge is -2.03. The summed E-state index contributed by atoms with van der Waals surface area (Å²) in [6.07, 6.45) is 1.83. The van der Waals surface area contributed by atoms with E-state index in [0.717, 1.165) is 0 Å². The summed E-state index contributed by atoms with van der Waals surface area (Å²) in [7, 11) is 1.39. The van der Waals surface area contributed by atoms with Crippen LogP contribution in [0, 0.1) is 5.82 Å². The highest BCUT2D eigenvalue weighted by molar-refractivity contribution is 7.99. The third-order valence-corrected chi connectivity index (χ3v) is 2.30. The van der Waals surface area contributed by atoms with Crippen LogP contribution in [0.4, 0.5) is 4.39 Å². The highest BCUT2D eigenvalue weighted by atomic mass is 32.2. The first-order chi connectivity index (χ1) is 6.69. The second kappa shape index (κ2) is 5.00. The Morgan fingerprint density at radius 3 is 2.79 bits per heavy atom. The molecule has 0 N–H and O–H groups in total. The van der Waals surface area contributed by atoms with Gasteiger partial charge in [-0.1, -0.05) is 0 Å². The van der Waals surface area contributed by atoms with Crippen molar-refractivity contribution in [3.63, 3.8) is 0 Å². The number of carbonyl (C=O) groups is 1. The van der Waals surface area contributed by atoms with Gasteiger partial charge in [-0.25, -0.2) is 4.39 Å². The van der Waals surface area contributed by atoms with Crippen molar-refractivity contribution in [1.29, 1.82) is 0 Å². The number of benzene rings is 1. The van der Waals surface area contributed by atoms with Crippen molar-refractivity contribution in [2.75, 3.05) is 19.1 Å². The van der Waals surface area contributed by atoms with E-state index in [9.17, 15) is 9.18 Å². The van der Waals surface area contributed by atoms with Gasteiger partial charge in [0.1, 0.15) is 0 Å². The fourth-order valence-electron chi connectivity index (χ4n) is 1.05. The molecule has 0 heterocycles. The lowest BCUT2D eigenvalue weighted by molar-refractivity contribution is 0.102. The molecule has 4 heteroatoms. The zero-order valence-corrected chi connectivity index (χ0v) is 8.86. The van der Waals surface area contributed by atoms with Gasteiger partial charge in [0, 0.05) is 5.56 Å². The van der Waals surface area contributed by atoms with Crippen molar-refractivity contribution in [1.82, 2.24) is 0 Å². The van der Waals surface area contributed by atoms with Gasteiger partial charge >= 0.3 is 0 Å². The van der Waals surface area contributed by atoms with Crippen molar-refractivity contribution in [2.24, 2.45) is 0 Å². The Balaban J connectivity index is 2.91. The van der Waals surface area contributed by atoms with E-state index in [-0.39, 0.29) is 11.5 Å². The minimum absolute atomic E-state index is 0.0703. The Labute approximate surface area is 86.5 Å². The standard InChI is InChI=1S/C10H11FO2S/c1-13-10-4-3-7(5-8(10)11)9(12)6-14-2/h3-5H,6H2,1-2H3. The molecule has 0 aliphatic heterocycles. The van der Waals surface area contributed by atoms with E-state index in [4.69, 9.17) is 4.74 Å². The summed E-state index contributed by atoms with van der Waals surface area (Å²) in [4.78, 5) is 11.4. The van der Waals surface area contributed by atoms with Crippen LogP contribution in [0.5, 0.6) is 5.75 Å². The summed E-state index contributed by atoms with van der Waals surface area (Å²) >= 11 is 1.42. The lowest BCUT2D eigenvalue weighted by atomic mass is 10.1. The molecule has 0 aliphatic rings. The molecule has 2 nitrogen and oxygen atoms in total. The molecule has 0 radical (unpaired) electrons. The van der Waals surface area contributed by atoms with Crippen LogP contribution in [0.1, 0.15) is 10.4 Å².